The molecular weight excluding hydrogens is 306 g/mol. The lowest BCUT2D eigenvalue weighted by molar-refractivity contribution is -0.227. The van der Waals surface area contributed by atoms with Gasteiger partial charge in [-0.3, -0.25) is 4.79 Å². The van der Waals surface area contributed by atoms with Crippen LogP contribution in [0.1, 0.15) is 31.1 Å². The molecule has 0 bridgehead atoms. The number of piperidine rings is 1. The zero-order valence-corrected chi connectivity index (χ0v) is 14.0. The molecule has 0 unspecified atom stereocenters. The fraction of sp³-hybridized carbons (Fsp3) is 0.421. The third-order valence-electron chi connectivity index (χ3n) is 4.84. The molecule has 0 aliphatic carbocycles. The van der Waals surface area contributed by atoms with Crippen LogP contribution in [0.25, 0.3) is 11.3 Å². The lowest BCUT2D eigenvalue weighted by Crippen LogP contribution is -2.52. The number of nitrogens with zero attached hydrogens (tertiary/aromatic N) is 1. The first-order chi connectivity index (χ1) is 11.5. The topological polar surface area (TPSA) is 51.9 Å². The van der Waals surface area contributed by atoms with Crippen LogP contribution in [0.5, 0.6) is 5.75 Å². The SMILES string of the molecule is CC(=O)N1CCC2(CC1)OCc1cc(-c3ccc(C)o3)ccc1O2. The van der Waals surface area contributed by atoms with Gasteiger partial charge in [-0.05, 0) is 37.3 Å². The van der Waals surface area contributed by atoms with Gasteiger partial charge >= 0.3 is 0 Å². The highest BCUT2D eigenvalue weighted by atomic mass is 16.7. The van der Waals surface area contributed by atoms with Crippen molar-refractivity contribution in [1.82, 2.24) is 4.90 Å². The van der Waals surface area contributed by atoms with Crippen LogP contribution in [0.15, 0.2) is 34.7 Å². The highest BCUT2D eigenvalue weighted by Crippen LogP contribution is 2.39. The Morgan fingerprint density at radius 2 is 1.96 bits per heavy atom. The number of rotatable bonds is 1. The average Bonchev–Trinajstić information content (AvgIpc) is 3.01. The lowest BCUT2D eigenvalue weighted by atomic mass is 10.0. The Morgan fingerprint density at radius 3 is 2.62 bits per heavy atom. The third kappa shape index (κ3) is 2.69. The Bertz CT molecular complexity index is 771. The van der Waals surface area contributed by atoms with E-state index in [2.05, 4.69) is 6.07 Å². The van der Waals surface area contributed by atoms with E-state index in [1.165, 1.54) is 0 Å². The molecule has 1 aromatic carbocycles. The number of carbonyl (C=O) groups excluding carboxylic acids is 1. The zero-order valence-electron chi connectivity index (χ0n) is 14.0. The molecule has 0 N–H and O–H groups in total. The second-order valence-corrected chi connectivity index (χ2v) is 6.54. The largest absolute Gasteiger partial charge is 0.462 e. The highest BCUT2D eigenvalue weighted by Gasteiger charge is 2.41. The molecule has 0 radical (unpaired) electrons. The number of benzene rings is 1. The Labute approximate surface area is 141 Å². The Kier molecular flexibility index (Phi) is 3.61. The van der Waals surface area contributed by atoms with E-state index in [1.54, 1.807) is 6.92 Å². The van der Waals surface area contributed by atoms with E-state index in [1.807, 2.05) is 36.1 Å². The quantitative estimate of drug-likeness (QED) is 0.804. The van der Waals surface area contributed by atoms with Crippen molar-refractivity contribution in [1.29, 1.82) is 0 Å². The monoisotopic (exact) mass is 327 g/mol. The van der Waals surface area contributed by atoms with Gasteiger partial charge in [0.2, 0.25) is 11.7 Å². The third-order valence-corrected chi connectivity index (χ3v) is 4.84. The van der Waals surface area contributed by atoms with E-state index >= 15 is 0 Å². The minimum atomic E-state index is -0.595. The average molecular weight is 327 g/mol. The van der Waals surface area contributed by atoms with Gasteiger partial charge in [0.05, 0.1) is 6.61 Å². The van der Waals surface area contributed by atoms with Crippen molar-refractivity contribution in [3.63, 3.8) is 0 Å². The molecular formula is C19H21NO4. The second kappa shape index (κ2) is 5.67. The normalized spacial score (nSPS) is 19.0. The summed E-state index contributed by atoms with van der Waals surface area (Å²) in [5.74, 6) is 2.13. The van der Waals surface area contributed by atoms with Gasteiger partial charge in [0.1, 0.15) is 17.3 Å². The van der Waals surface area contributed by atoms with Gasteiger partial charge in [-0.1, -0.05) is 0 Å². The minimum Gasteiger partial charge on any atom is -0.462 e. The van der Waals surface area contributed by atoms with Crippen LogP contribution >= 0.6 is 0 Å². The molecule has 4 rings (SSSR count). The number of furan rings is 1. The molecule has 1 amide bonds. The molecule has 1 saturated heterocycles. The second-order valence-electron chi connectivity index (χ2n) is 6.54. The molecule has 3 heterocycles. The molecule has 1 aromatic heterocycles. The first-order valence-electron chi connectivity index (χ1n) is 8.33. The molecule has 126 valence electrons. The van der Waals surface area contributed by atoms with Crippen molar-refractivity contribution in [3.8, 4) is 17.1 Å². The first kappa shape index (κ1) is 15.3. The van der Waals surface area contributed by atoms with E-state index in [4.69, 9.17) is 13.9 Å². The Balaban J connectivity index is 1.53. The van der Waals surface area contributed by atoms with Crippen LogP contribution in [0.3, 0.4) is 0 Å². The summed E-state index contributed by atoms with van der Waals surface area (Å²) in [4.78, 5) is 13.3. The summed E-state index contributed by atoms with van der Waals surface area (Å²) in [5, 5.41) is 0. The number of ether oxygens (including phenoxy) is 2. The van der Waals surface area contributed by atoms with Crippen molar-refractivity contribution in [2.45, 2.75) is 39.1 Å². The van der Waals surface area contributed by atoms with Crippen molar-refractivity contribution in [3.05, 3.63) is 41.7 Å². The maximum atomic E-state index is 11.5. The van der Waals surface area contributed by atoms with Gasteiger partial charge in [-0.25, -0.2) is 0 Å². The standard InChI is InChI=1S/C19H21NO4/c1-13-3-5-17(23-13)15-4-6-18-16(11-15)12-22-19(24-18)7-9-20(10-8-19)14(2)21/h3-6,11H,7-10,12H2,1-2H3. The van der Waals surface area contributed by atoms with Gasteiger partial charge in [-0.15, -0.1) is 0 Å². The van der Waals surface area contributed by atoms with E-state index in [0.717, 1.165) is 28.4 Å². The van der Waals surface area contributed by atoms with Crippen LogP contribution < -0.4 is 4.74 Å². The van der Waals surface area contributed by atoms with Gasteiger partial charge in [-0.2, -0.15) is 0 Å². The number of carbonyl (C=O) groups is 1. The van der Waals surface area contributed by atoms with Gasteiger partial charge < -0.3 is 18.8 Å². The van der Waals surface area contributed by atoms with E-state index in [0.29, 0.717) is 32.5 Å². The summed E-state index contributed by atoms with van der Waals surface area (Å²) in [6.45, 7) is 5.41. The summed E-state index contributed by atoms with van der Waals surface area (Å²) in [6.07, 6.45) is 1.40. The summed E-state index contributed by atoms with van der Waals surface area (Å²) < 4.78 is 17.9. The predicted molar refractivity (Wildman–Crippen MR) is 88.5 cm³/mol. The smallest absolute Gasteiger partial charge is 0.219 e. The van der Waals surface area contributed by atoms with Gasteiger partial charge in [0.15, 0.2) is 0 Å². The predicted octanol–water partition coefficient (Wildman–Crippen LogP) is 3.50. The number of likely N-dealkylation sites (tertiary alicyclic amines) is 1. The van der Waals surface area contributed by atoms with Crippen LogP contribution in [0.4, 0.5) is 0 Å². The molecule has 2 aliphatic heterocycles. The molecule has 2 aromatic rings. The van der Waals surface area contributed by atoms with Crippen molar-refractivity contribution >= 4 is 5.91 Å². The number of hydrogen-bond donors (Lipinski definition) is 0. The van der Waals surface area contributed by atoms with E-state index < -0.39 is 5.79 Å². The maximum absolute atomic E-state index is 11.5. The highest BCUT2D eigenvalue weighted by molar-refractivity contribution is 5.73. The van der Waals surface area contributed by atoms with E-state index in [-0.39, 0.29) is 5.91 Å². The summed E-state index contributed by atoms with van der Waals surface area (Å²) in [6, 6.07) is 10.00. The molecule has 0 saturated carbocycles. The number of amides is 1. The van der Waals surface area contributed by atoms with Crippen LogP contribution in [-0.4, -0.2) is 29.7 Å². The van der Waals surface area contributed by atoms with Gasteiger partial charge in [0, 0.05) is 44.0 Å². The fourth-order valence-electron chi connectivity index (χ4n) is 3.38. The van der Waals surface area contributed by atoms with Crippen molar-refractivity contribution < 1.29 is 18.7 Å². The number of fused-ring (bicyclic) bond motifs is 1. The Morgan fingerprint density at radius 1 is 1.17 bits per heavy atom. The number of hydrogen-bond acceptors (Lipinski definition) is 4. The van der Waals surface area contributed by atoms with Crippen LogP contribution in [-0.2, 0) is 16.1 Å². The van der Waals surface area contributed by atoms with Crippen molar-refractivity contribution in [2.24, 2.45) is 0 Å². The zero-order chi connectivity index (χ0) is 16.7. The summed E-state index contributed by atoms with van der Waals surface area (Å²) in [5.41, 5.74) is 2.05. The molecule has 1 fully saturated rings. The summed E-state index contributed by atoms with van der Waals surface area (Å²) >= 11 is 0. The minimum absolute atomic E-state index is 0.111. The molecule has 2 aliphatic rings. The van der Waals surface area contributed by atoms with Crippen LogP contribution in [0.2, 0.25) is 0 Å². The molecule has 24 heavy (non-hydrogen) atoms. The molecule has 0 atom stereocenters. The molecule has 5 nitrogen and oxygen atoms in total. The first-order valence-corrected chi connectivity index (χ1v) is 8.33. The maximum Gasteiger partial charge on any atom is 0.219 e. The van der Waals surface area contributed by atoms with E-state index in [9.17, 15) is 4.79 Å². The lowest BCUT2D eigenvalue weighted by Gasteiger charge is -2.43. The summed E-state index contributed by atoms with van der Waals surface area (Å²) in [7, 11) is 0. The van der Waals surface area contributed by atoms with Crippen LogP contribution in [0, 0.1) is 6.92 Å². The molecule has 5 heteroatoms. The molecule has 1 spiro atoms. The number of aryl methyl sites for hydroxylation is 1. The fourth-order valence-corrected chi connectivity index (χ4v) is 3.38. The van der Waals surface area contributed by atoms with Gasteiger partial charge in [0.25, 0.3) is 0 Å². The van der Waals surface area contributed by atoms with Crippen molar-refractivity contribution in [2.75, 3.05) is 13.1 Å². The Hall–Kier alpha value is -2.27.